The number of hydrogen-bond acceptors (Lipinski definition) is 9. The van der Waals surface area contributed by atoms with Crippen LogP contribution in [0.3, 0.4) is 0 Å². The van der Waals surface area contributed by atoms with Crippen molar-refractivity contribution in [3.05, 3.63) is 118 Å². The number of ether oxygens (including phenoxy) is 3. The molecule has 53 heavy (non-hydrogen) atoms. The molecule has 4 aromatic carbocycles. The summed E-state index contributed by atoms with van der Waals surface area (Å²) in [5.74, 6) is -0.128. The number of piperazine rings is 1. The van der Waals surface area contributed by atoms with Crippen LogP contribution in [0.1, 0.15) is 28.0 Å². The lowest BCUT2D eigenvalue weighted by atomic mass is 10.1. The molecule has 0 unspecified atom stereocenters. The number of nitrogens with one attached hydrogen (secondary N) is 1. The number of amides is 1. The van der Waals surface area contributed by atoms with E-state index in [1.54, 1.807) is 54.4 Å². The van der Waals surface area contributed by atoms with Gasteiger partial charge in [-0.05, 0) is 75.3 Å². The van der Waals surface area contributed by atoms with E-state index in [9.17, 15) is 9.59 Å². The topological polar surface area (TPSA) is 111 Å². The van der Waals surface area contributed by atoms with Crippen molar-refractivity contribution in [1.82, 2.24) is 24.6 Å². The third kappa shape index (κ3) is 7.69. The van der Waals surface area contributed by atoms with E-state index in [0.717, 1.165) is 62.0 Å². The number of halogens is 1. The van der Waals surface area contributed by atoms with Crippen molar-refractivity contribution in [3.8, 4) is 28.7 Å². The molecule has 1 saturated heterocycles. The Hall–Kier alpha value is -5.85. The Balaban J connectivity index is 1.08. The maximum absolute atomic E-state index is 15.6. The zero-order chi connectivity index (χ0) is 37.1. The summed E-state index contributed by atoms with van der Waals surface area (Å²) in [5.41, 5.74) is 3.17. The van der Waals surface area contributed by atoms with E-state index in [4.69, 9.17) is 14.2 Å². The molecule has 7 rings (SSSR count). The largest absolute Gasteiger partial charge is 0.493 e. The molecular weight excluding hydrogens is 675 g/mol. The lowest BCUT2D eigenvalue weighted by molar-refractivity contribution is 0.102. The predicted molar refractivity (Wildman–Crippen MR) is 204 cm³/mol. The Kier molecular flexibility index (Phi) is 10.3. The average molecular weight is 717 g/mol. The predicted octanol–water partition coefficient (Wildman–Crippen LogP) is 6.76. The number of aromatic nitrogens is 3. The van der Waals surface area contributed by atoms with Crippen molar-refractivity contribution in [1.29, 1.82) is 0 Å². The van der Waals surface area contributed by atoms with Crippen LogP contribution in [0.25, 0.3) is 27.5 Å². The number of likely N-dealkylation sites (N-methyl/N-ethyl adjacent to an activating group) is 1. The van der Waals surface area contributed by atoms with Crippen molar-refractivity contribution in [2.45, 2.75) is 20.3 Å². The van der Waals surface area contributed by atoms with Crippen LogP contribution in [-0.4, -0.2) is 84.0 Å². The molecule has 0 aliphatic carbocycles. The minimum absolute atomic E-state index is 0.0697. The van der Waals surface area contributed by atoms with Crippen LogP contribution < -0.4 is 25.0 Å². The molecule has 0 bridgehead atoms. The highest BCUT2D eigenvalue weighted by Crippen LogP contribution is 2.38. The second kappa shape index (κ2) is 15.4. The number of pyridine rings is 1. The van der Waals surface area contributed by atoms with E-state index in [-0.39, 0.29) is 17.1 Å². The standard InChI is InChI=1S/C41H41FN6O5/c1-26-10-12-33(27(2)22-26)48-34-9-6-5-8-29(34)40(49)39(45-48)41(50)44-28-11-13-36(31(42)23-28)53-35-14-15-43-32-25-38(37(51-4)24-30(32)35)52-21-7-16-47-19-17-46(3)18-20-47/h5-6,8-15,22-25H,7,16-21H2,1-4H3,(H,44,50). The molecule has 1 fully saturated rings. The number of carbonyl (C=O) groups excluding carboxylic acids is 1. The van der Waals surface area contributed by atoms with Gasteiger partial charge in [-0.1, -0.05) is 29.8 Å². The number of benzene rings is 4. The molecule has 0 spiro atoms. The Morgan fingerprint density at radius 1 is 0.887 bits per heavy atom. The van der Waals surface area contributed by atoms with Crippen molar-refractivity contribution in [3.63, 3.8) is 0 Å². The van der Waals surface area contributed by atoms with E-state index < -0.39 is 17.2 Å². The molecular formula is C41H41FN6O5. The van der Waals surface area contributed by atoms with Crippen molar-refractivity contribution in [2.75, 3.05) is 58.8 Å². The van der Waals surface area contributed by atoms with Gasteiger partial charge in [-0.3, -0.25) is 14.6 Å². The van der Waals surface area contributed by atoms with Crippen LogP contribution in [0.15, 0.2) is 89.9 Å². The van der Waals surface area contributed by atoms with Crippen LogP contribution in [0.4, 0.5) is 10.1 Å². The molecule has 11 nitrogen and oxygen atoms in total. The van der Waals surface area contributed by atoms with Crippen LogP contribution in [0, 0.1) is 19.7 Å². The Bertz CT molecular complexity index is 2370. The first-order chi connectivity index (χ1) is 25.7. The fourth-order valence-corrected chi connectivity index (χ4v) is 6.55. The summed E-state index contributed by atoms with van der Waals surface area (Å²) < 4.78 is 34.9. The highest BCUT2D eigenvalue weighted by atomic mass is 19.1. The Labute approximate surface area is 306 Å². The molecule has 3 heterocycles. The molecule has 1 amide bonds. The minimum Gasteiger partial charge on any atom is -0.493 e. The molecule has 1 aliphatic rings. The summed E-state index contributed by atoms with van der Waals surface area (Å²) in [5, 5.41) is 8.07. The summed E-state index contributed by atoms with van der Waals surface area (Å²) in [4.78, 5) is 36.2. The minimum atomic E-state index is -0.767. The number of anilines is 1. The lowest BCUT2D eigenvalue weighted by Crippen LogP contribution is -2.44. The van der Waals surface area contributed by atoms with Gasteiger partial charge in [0.25, 0.3) is 5.91 Å². The number of methoxy groups -OCH3 is 1. The first kappa shape index (κ1) is 35.5. The summed E-state index contributed by atoms with van der Waals surface area (Å²) in [6.45, 7) is 9.67. The fraction of sp³-hybridized carbons (Fsp3) is 0.268. The fourth-order valence-electron chi connectivity index (χ4n) is 6.55. The smallest absolute Gasteiger partial charge is 0.280 e. The zero-order valence-corrected chi connectivity index (χ0v) is 30.2. The van der Waals surface area contributed by atoms with Gasteiger partial charge in [-0.2, -0.15) is 5.10 Å². The maximum atomic E-state index is 15.6. The quantitative estimate of drug-likeness (QED) is 0.146. The first-order valence-corrected chi connectivity index (χ1v) is 17.6. The van der Waals surface area contributed by atoms with Gasteiger partial charge in [0.2, 0.25) is 5.43 Å². The second-order valence-electron chi connectivity index (χ2n) is 13.3. The van der Waals surface area contributed by atoms with Gasteiger partial charge < -0.3 is 29.3 Å². The number of fused-ring (bicyclic) bond motifs is 2. The highest BCUT2D eigenvalue weighted by molar-refractivity contribution is 6.04. The third-order valence-electron chi connectivity index (χ3n) is 9.46. The molecule has 0 saturated carbocycles. The number of nitrogens with zero attached hydrogens (tertiary/aromatic N) is 5. The molecule has 6 aromatic rings. The molecule has 272 valence electrons. The van der Waals surface area contributed by atoms with Crippen molar-refractivity contribution >= 4 is 33.4 Å². The molecule has 12 heteroatoms. The zero-order valence-electron chi connectivity index (χ0n) is 30.2. The number of para-hydroxylation sites is 1. The second-order valence-corrected chi connectivity index (χ2v) is 13.3. The SMILES string of the molecule is COc1cc2c(Oc3ccc(NC(=O)c4nn(-c5ccc(C)cc5C)c5ccccc5c4=O)cc3F)ccnc2cc1OCCCN1CCN(C)CC1. The highest BCUT2D eigenvalue weighted by Gasteiger charge is 2.21. The van der Waals surface area contributed by atoms with Crippen LogP contribution in [0.2, 0.25) is 0 Å². The van der Waals surface area contributed by atoms with Crippen LogP contribution in [0.5, 0.6) is 23.0 Å². The molecule has 1 N–H and O–H groups in total. The molecule has 0 atom stereocenters. The van der Waals surface area contributed by atoms with E-state index in [1.807, 2.05) is 38.1 Å². The number of aryl methyl sites for hydroxylation is 2. The van der Waals surface area contributed by atoms with E-state index in [2.05, 4.69) is 32.2 Å². The number of hydrogen-bond donors (Lipinski definition) is 1. The van der Waals surface area contributed by atoms with E-state index in [0.29, 0.717) is 45.7 Å². The van der Waals surface area contributed by atoms with Crippen molar-refractivity contribution < 1.29 is 23.4 Å². The number of carbonyl (C=O) groups is 1. The lowest BCUT2D eigenvalue weighted by Gasteiger charge is -2.32. The van der Waals surface area contributed by atoms with Gasteiger partial charge in [0.15, 0.2) is 28.8 Å². The van der Waals surface area contributed by atoms with Crippen LogP contribution in [-0.2, 0) is 0 Å². The van der Waals surface area contributed by atoms with Crippen molar-refractivity contribution in [2.24, 2.45) is 0 Å². The molecule has 2 aromatic heterocycles. The van der Waals surface area contributed by atoms with Gasteiger partial charge in [0.05, 0.1) is 35.8 Å². The van der Waals surface area contributed by atoms with E-state index >= 15 is 4.39 Å². The summed E-state index contributed by atoms with van der Waals surface area (Å²) in [7, 11) is 3.71. The van der Waals surface area contributed by atoms with Gasteiger partial charge in [0.1, 0.15) is 5.75 Å². The maximum Gasteiger partial charge on any atom is 0.280 e. The molecule has 0 radical (unpaired) electrons. The Morgan fingerprint density at radius 3 is 2.47 bits per heavy atom. The van der Waals surface area contributed by atoms with Gasteiger partial charge in [-0.15, -0.1) is 0 Å². The van der Waals surface area contributed by atoms with Gasteiger partial charge in [0, 0.05) is 62.1 Å². The first-order valence-electron chi connectivity index (χ1n) is 17.6. The third-order valence-corrected chi connectivity index (χ3v) is 9.46. The van der Waals surface area contributed by atoms with Gasteiger partial charge >= 0.3 is 0 Å². The van der Waals surface area contributed by atoms with E-state index in [1.165, 1.54) is 12.1 Å². The monoisotopic (exact) mass is 716 g/mol. The summed E-state index contributed by atoms with van der Waals surface area (Å²) in [6.07, 6.45) is 2.45. The Morgan fingerprint density at radius 2 is 1.70 bits per heavy atom. The summed E-state index contributed by atoms with van der Waals surface area (Å²) >= 11 is 0. The normalized spacial score (nSPS) is 13.7. The number of rotatable bonds is 11. The summed E-state index contributed by atoms with van der Waals surface area (Å²) in [6, 6.07) is 22.1. The molecule has 1 aliphatic heterocycles. The average Bonchev–Trinajstić information content (AvgIpc) is 3.15. The van der Waals surface area contributed by atoms with Crippen LogP contribution >= 0.6 is 0 Å². The van der Waals surface area contributed by atoms with Gasteiger partial charge in [-0.25, -0.2) is 9.07 Å².